The zero-order valence-corrected chi connectivity index (χ0v) is 21.5. The molecule has 9 nitrogen and oxygen atoms in total. The van der Waals surface area contributed by atoms with Gasteiger partial charge >= 0.3 is 0 Å². The Labute approximate surface area is 222 Å². The van der Waals surface area contributed by atoms with Crippen LogP contribution in [0.25, 0.3) is 22.4 Å². The lowest BCUT2D eigenvalue weighted by Gasteiger charge is -2.32. The molecule has 1 aliphatic heterocycles. The van der Waals surface area contributed by atoms with Gasteiger partial charge in [-0.05, 0) is 24.5 Å². The summed E-state index contributed by atoms with van der Waals surface area (Å²) in [5.74, 6) is 1.07. The summed E-state index contributed by atoms with van der Waals surface area (Å²) in [6, 6.07) is 22.3. The molecule has 1 fully saturated rings. The smallest absolute Gasteiger partial charge is 0.270 e. The van der Waals surface area contributed by atoms with Crippen LogP contribution in [0.4, 0.5) is 5.82 Å². The number of H-pyrrole nitrogens is 1. The molecule has 2 amide bonds. The highest BCUT2D eigenvalue weighted by atomic mass is 16.2. The fourth-order valence-corrected chi connectivity index (χ4v) is 4.71. The van der Waals surface area contributed by atoms with Crippen LogP contribution in [0.3, 0.4) is 0 Å². The molecule has 0 spiro atoms. The lowest BCUT2D eigenvalue weighted by molar-refractivity contribution is -0.118. The minimum Gasteiger partial charge on any atom is -0.368 e. The van der Waals surface area contributed by atoms with E-state index < -0.39 is 0 Å². The third kappa shape index (κ3) is 6.18. The molecule has 0 saturated carbocycles. The number of carbonyl (C=O) groups is 2. The van der Waals surface area contributed by atoms with Gasteiger partial charge in [-0.3, -0.25) is 9.59 Å². The molecule has 1 aliphatic rings. The number of benzene rings is 2. The first-order chi connectivity index (χ1) is 18.6. The van der Waals surface area contributed by atoms with Crippen molar-refractivity contribution in [1.82, 2.24) is 30.5 Å². The van der Waals surface area contributed by atoms with Crippen molar-refractivity contribution in [2.45, 2.75) is 32.4 Å². The largest absolute Gasteiger partial charge is 0.368 e. The molecule has 3 heterocycles. The van der Waals surface area contributed by atoms with E-state index in [1.54, 1.807) is 0 Å². The van der Waals surface area contributed by atoms with Crippen molar-refractivity contribution in [2.75, 3.05) is 31.5 Å². The average Bonchev–Trinajstić information content (AvgIpc) is 3.39. The number of nitrogens with zero attached hydrogens (tertiary/aromatic N) is 3. The van der Waals surface area contributed by atoms with E-state index in [-0.39, 0.29) is 11.8 Å². The summed E-state index contributed by atoms with van der Waals surface area (Å²) >= 11 is 0. The predicted octanol–water partition coefficient (Wildman–Crippen LogP) is 3.57. The van der Waals surface area contributed by atoms with E-state index in [9.17, 15) is 9.59 Å². The number of carbonyl (C=O) groups excluding carboxylic acids is 2. The summed E-state index contributed by atoms with van der Waals surface area (Å²) < 4.78 is 0. The van der Waals surface area contributed by atoms with Gasteiger partial charge in [0.15, 0.2) is 5.82 Å². The Balaban J connectivity index is 1.29. The van der Waals surface area contributed by atoms with Crippen molar-refractivity contribution in [3.8, 4) is 11.4 Å². The van der Waals surface area contributed by atoms with E-state index >= 15 is 0 Å². The molecular weight excluding hydrogens is 478 g/mol. The Morgan fingerprint density at radius 2 is 1.68 bits per heavy atom. The van der Waals surface area contributed by atoms with Gasteiger partial charge in [0.05, 0.1) is 5.39 Å². The number of aromatic nitrogens is 3. The summed E-state index contributed by atoms with van der Waals surface area (Å²) in [7, 11) is 0. The van der Waals surface area contributed by atoms with Gasteiger partial charge in [0.2, 0.25) is 5.91 Å². The summed E-state index contributed by atoms with van der Waals surface area (Å²) in [5.41, 5.74) is 3.25. The number of amides is 2. The third-order valence-electron chi connectivity index (χ3n) is 6.76. The molecule has 4 N–H and O–H groups in total. The summed E-state index contributed by atoms with van der Waals surface area (Å²) in [6.07, 6.45) is 1.82. The van der Waals surface area contributed by atoms with E-state index in [4.69, 9.17) is 9.97 Å². The second-order valence-electron chi connectivity index (χ2n) is 9.55. The maximum Gasteiger partial charge on any atom is 0.270 e. The molecule has 196 valence electrons. The second kappa shape index (κ2) is 11.9. The zero-order chi connectivity index (χ0) is 26.3. The molecule has 0 aliphatic carbocycles. The minimum atomic E-state index is -0.0850. The summed E-state index contributed by atoms with van der Waals surface area (Å²) in [5, 5.41) is 10.4. The Hall–Kier alpha value is -4.24. The summed E-state index contributed by atoms with van der Waals surface area (Å²) in [6.45, 7) is 4.68. The number of fused-ring (bicyclic) bond motifs is 1. The minimum absolute atomic E-state index is 0.0324. The van der Waals surface area contributed by atoms with Crippen LogP contribution >= 0.6 is 0 Å². The summed E-state index contributed by atoms with van der Waals surface area (Å²) in [4.78, 5) is 39.3. The van der Waals surface area contributed by atoms with E-state index in [0.717, 1.165) is 30.3 Å². The van der Waals surface area contributed by atoms with E-state index in [1.807, 2.05) is 47.4 Å². The standard InChI is InChI=1S/C29H33N7O2/c1-20(37)30-14-15-31-27-24-18-25(33-28(24)35-26(34-27)22-10-6-3-7-11-22)29(38)36-16-12-23(13-17-36)32-19-21-8-4-2-5-9-21/h2-11,18,23,32H,12-17,19H2,1H3,(H,30,37)(H2,31,33,34,35). The molecule has 38 heavy (non-hydrogen) atoms. The van der Waals surface area contributed by atoms with Crippen LogP contribution in [-0.2, 0) is 11.3 Å². The Bertz CT molecular complexity index is 1380. The first-order valence-electron chi connectivity index (χ1n) is 13.1. The van der Waals surface area contributed by atoms with Crippen LogP contribution in [0.2, 0.25) is 0 Å². The second-order valence-corrected chi connectivity index (χ2v) is 9.55. The van der Waals surface area contributed by atoms with Gasteiger partial charge in [-0.2, -0.15) is 0 Å². The number of anilines is 1. The molecule has 2 aromatic carbocycles. The number of rotatable bonds is 9. The third-order valence-corrected chi connectivity index (χ3v) is 6.76. The topological polar surface area (TPSA) is 115 Å². The highest BCUT2D eigenvalue weighted by Gasteiger charge is 2.25. The van der Waals surface area contributed by atoms with Gasteiger partial charge in [0.25, 0.3) is 5.91 Å². The van der Waals surface area contributed by atoms with Crippen LogP contribution in [0.1, 0.15) is 35.8 Å². The fraction of sp³-hybridized carbons (Fsp3) is 0.310. The Kier molecular flexibility index (Phi) is 7.94. The molecule has 9 heteroatoms. The first-order valence-corrected chi connectivity index (χ1v) is 13.1. The van der Waals surface area contributed by atoms with Crippen molar-refractivity contribution < 1.29 is 9.59 Å². The Morgan fingerprint density at radius 3 is 2.39 bits per heavy atom. The number of hydrogen-bond acceptors (Lipinski definition) is 6. The lowest BCUT2D eigenvalue weighted by Crippen LogP contribution is -2.44. The van der Waals surface area contributed by atoms with Gasteiger partial charge in [0, 0.05) is 51.3 Å². The maximum absolute atomic E-state index is 13.4. The van der Waals surface area contributed by atoms with Gasteiger partial charge < -0.3 is 25.8 Å². The molecule has 0 unspecified atom stereocenters. The van der Waals surface area contributed by atoms with Crippen molar-refractivity contribution in [1.29, 1.82) is 0 Å². The van der Waals surface area contributed by atoms with Gasteiger partial charge in [-0.1, -0.05) is 60.7 Å². The molecule has 2 aromatic heterocycles. The van der Waals surface area contributed by atoms with Crippen LogP contribution < -0.4 is 16.0 Å². The van der Waals surface area contributed by atoms with Gasteiger partial charge in [-0.25, -0.2) is 9.97 Å². The van der Waals surface area contributed by atoms with Gasteiger partial charge in [0.1, 0.15) is 17.2 Å². The Morgan fingerprint density at radius 1 is 0.974 bits per heavy atom. The van der Waals surface area contributed by atoms with Crippen molar-refractivity contribution >= 4 is 28.7 Å². The lowest BCUT2D eigenvalue weighted by atomic mass is 10.0. The SMILES string of the molecule is CC(=O)NCCNc1nc(-c2ccccc2)nc2[nH]c(C(=O)N3CCC(NCc4ccccc4)CC3)cc12. The van der Waals surface area contributed by atoms with Crippen LogP contribution in [0, 0.1) is 0 Å². The van der Waals surface area contributed by atoms with E-state index in [1.165, 1.54) is 12.5 Å². The van der Waals surface area contributed by atoms with Crippen LogP contribution in [0.15, 0.2) is 66.7 Å². The maximum atomic E-state index is 13.4. The monoisotopic (exact) mass is 511 g/mol. The number of hydrogen-bond donors (Lipinski definition) is 4. The average molecular weight is 512 g/mol. The van der Waals surface area contributed by atoms with Crippen LogP contribution in [0.5, 0.6) is 0 Å². The quantitative estimate of drug-likeness (QED) is 0.256. The fourth-order valence-electron chi connectivity index (χ4n) is 4.71. The van der Waals surface area contributed by atoms with Gasteiger partial charge in [-0.15, -0.1) is 0 Å². The van der Waals surface area contributed by atoms with E-state index in [0.29, 0.717) is 55.2 Å². The molecule has 5 rings (SSSR count). The van der Waals surface area contributed by atoms with Crippen molar-refractivity contribution in [3.05, 3.63) is 78.0 Å². The first kappa shape index (κ1) is 25.4. The number of nitrogens with one attached hydrogen (secondary N) is 4. The van der Waals surface area contributed by atoms with E-state index in [2.05, 4.69) is 45.2 Å². The number of aromatic amines is 1. The molecule has 0 radical (unpaired) electrons. The molecule has 1 saturated heterocycles. The number of piperidine rings is 1. The molecule has 0 atom stereocenters. The predicted molar refractivity (Wildman–Crippen MR) is 149 cm³/mol. The highest BCUT2D eigenvalue weighted by molar-refractivity contribution is 6.00. The molecule has 0 bridgehead atoms. The van der Waals surface area contributed by atoms with Crippen molar-refractivity contribution in [3.63, 3.8) is 0 Å². The number of likely N-dealkylation sites (tertiary alicyclic amines) is 1. The zero-order valence-electron chi connectivity index (χ0n) is 21.5. The van der Waals surface area contributed by atoms with Crippen molar-refractivity contribution in [2.24, 2.45) is 0 Å². The molecular formula is C29H33N7O2. The highest BCUT2D eigenvalue weighted by Crippen LogP contribution is 2.26. The molecule has 4 aromatic rings. The van der Waals surface area contributed by atoms with Crippen LogP contribution in [-0.4, -0.2) is 63.9 Å². The normalized spacial score (nSPS) is 14.0.